The van der Waals surface area contributed by atoms with Crippen LogP contribution in [0.4, 0.5) is 8.78 Å². The van der Waals surface area contributed by atoms with E-state index in [1.165, 1.54) is 24.6 Å². The number of nitrogens with one attached hydrogen (secondary N) is 1. The van der Waals surface area contributed by atoms with E-state index in [0.29, 0.717) is 6.42 Å². The van der Waals surface area contributed by atoms with Crippen LogP contribution in [0.1, 0.15) is 34.1 Å². The third kappa shape index (κ3) is 10.2. The first kappa shape index (κ1) is 20.8. The standard InChI is InChI=1S/C17H25F2N3O/c1-5-7-15(19)16(12-14(18)11-13(3)4)23-17(8-6-2)21-9-10-22-20/h6-12,16,22H,5,20H2,1-4H3/b8-6+,10-9+,14-12?,15-7+,21-17+. The molecule has 6 heteroatoms. The van der Waals surface area contributed by atoms with Crippen LogP contribution in [0.25, 0.3) is 0 Å². The van der Waals surface area contributed by atoms with E-state index in [-0.39, 0.29) is 5.90 Å². The highest BCUT2D eigenvalue weighted by atomic mass is 19.1. The van der Waals surface area contributed by atoms with Crippen molar-refractivity contribution in [3.8, 4) is 0 Å². The highest BCUT2D eigenvalue weighted by molar-refractivity contribution is 5.88. The number of halogens is 2. The third-order valence-electron chi connectivity index (χ3n) is 2.34. The number of ether oxygens (including phenoxy) is 1. The summed E-state index contributed by atoms with van der Waals surface area (Å²) < 4.78 is 33.4. The highest BCUT2D eigenvalue weighted by Crippen LogP contribution is 2.16. The van der Waals surface area contributed by atoms with Gasteiger partial charge in [0, 0.05) is 12.4 Å². The fourth-order valence-corrected chi connectivity index (χ4v) is 1.49. The summed E-state index contributed by atoms with van der Waals surface area (Å²) in [7, 11) is 0. The molecule has 0 aromatic carbocycles. The van der Waals surface area contributed by atoms with Crippen molar-refractivity contribution in [2.75, 3.05) is 0 Å². The van der Waals surface area contributed by atoms with Crippen LogP contribution in [-0.4, -0.2) is 12.0 Å². The minimum Gasteiger partial charge on any atom is -0.463 e. The second-order valence-electron chi connectivity index (χ2n) is 4.76. The van der Waals surface area contributed by atoms with Crippen LogP contribution < -0.4 is 11.3 Å². The van der Waals surface area contributed by atoms with Gasteiger partial charge in [-0.2, -0.15) is 0 Å². The molecule has 0 saturated carbocycles. The molecule has 0 saturated heterocycles. The molecular formula is C17H25F2N3O. The molecule has 0 radical (unpaired) electrons. The van der Waals surface area contributed by atoms with Crippen LogP contribution in [0, 0.1) is 0 Å². The van der Waals surface area contributed by atoms with Crippen LogP contribution in [0.2, 0.25) is 0 Å². The molecule has 0 aliphatic heterocycles. The van der Waals surface area contributed by atoms with Crippen LogP contribution in [0.5, 0.6) is 0 Å². The van der Waals surface area contributed by atoms with E-state index >= 15 is 0 Å². The average Bonchev–Trinajstić information content (AvgIpc) is 2.46. The van der Waals surface area contributed by atoms with Crippen molar-refractivity contribution in [1.29, 1.82) is 0 Å². The number of aliphatic imine (C=N–C) groups is 1. The quantitative estimate of drug-likeness (QED) is 0.229. The van der Waals surface area contributed by atoms with Gasteiger partial charge in [-0.25, -0.2) is 13.8 Å². The first-order chi connectivity index (χ1) is 10.9. The maximum absolute atomic E-state index is 14.1. The number of hydrogen-bond donors (Lipinski definition) is 2. The zero-order valence-corrected chi connectivity index (χ0v) is 14.0. The van der Waals surface area contributed by atoms with E-state index in [2.05, 4.69) is 10.4 Å². The molecule has 4 nitrogen and oxygen atoms in total. The monoisotopic (exact) mass is 325 g/mol. The van der Waals surface area contributed by atoms with Crippen molar-refractivity contribution < 1.29 is 13.5 Å². The zero-order valence-electron chi connectivity index (χ0n) is 14.0. The molecule has 0 spiro atoms. The lowest BCUT2D eigenvalue weighted by atomic mass is 10.2. The van der Waals surface area contributed by atoms with E-state index < -0.39 is 17.8 Å². The number of rotatable bonds is 8. The first-order valence-corrected chi connectivity index (χ1v) is 7.30. The van der Waals surface area contributed by atoms with Crippen LogP contribution in [0.3, 0.4) is 0 Å². The summed E-state index contributed by atoms with van der Waals surface area (Å²) in [5.74, 6) is 4.06. The second-order valence-corrected chi connectivity index (χ2v) is 4.76. The average molecular weight is 325 g/mol. The van der Waals surface area contributed by atoms with E-state index in [1.54, 1.807) is 39.8 Å². The molecule has 0 heterocycles. The molecule has 128 valence electrons. The van der Waals surface area contributed by atoms with Gasteiger partial charge in [-0.15, -0.1) is 0 Å². The van der Waals surface area contributed by atoms with Gasteiger partial charge in [-0.3, -0.25) is 5.84 Å². The Morgan fingerprint density at radius 2 is 2.04 bits per heavy atom. The molecule has 1 atom stereocenters. The Morgan fingerprint density at radius 1 is 1.35 bits per heavy atom. The van der Waals surface area contributed by atoms with Crippen molar-refractivity contribution in [3.63, 3.8) is 0 Å². The number of nitrogens with zero attached hydrogens (tertiary/aromatic N) is 1. The Labute approximate surface area is 136 Å². The van der Waals surface area contributed by atoms with Gasteiger partial charge in [0.25, 0.3) is 0 Å². The fourth-order valence-electron chi connectivity index (χ4n) is 1.49. The van der Waals surface area contributed by atoms with Gasteiger partial charge < -0.3 is 10.2 Å². The molecule has 0 aromatic rings. The molecule has 0 aliphatic rings. The Morgan fingerprint density at radius 3 is 2.57 bits per heavy atom. The molecule has 0 amide bonds. The van der Waals surface area contributed by atoms with Crippen LogP contribution in [0.15, 0.2) is 65.0 Å². The normalized spacial score (nSPS) is 15.2. The topological polar surface area (TPSA) is 59.6 Å². The van der Waals surface area contributed by atoms with Gasteiger partial charge in [-0.05, 0) is 51.5 Å². The predicted molar refractivity (Wildman–Crippen MR) is 91.7 cm³/mol. The zero-order chi connectivity index (χ0) is 17.7. The second kappa shape index (κ2) is 12.3. The maximum Gasteiger partial charge on any atom is 0.213 e. The predicted octanol–water partition coefficient (Wildman–Crippen LogP) is 4.36. The summed E-state index contributed by atoms with van der Waals surface area (Å²) in [5.41, 5.74) is 3.04. The van der Waals surface area contributed by atoms with Crippen molar-refractivity contribution >= 4 is 5.90 Å². The molecule has 0 rings (SSSR count). The summed E-state index contributed by atoms with van der Waals surface area (Å²) in [5, 5.41) is 0. The lowest BCUT2D eigenvalue weighted by molar-refractivity contribution is 0.238. The molecule has 23 heavy (non-hydrogen) atoms. The Balaban J connectivity index is 5.50. The summed E-state index contributed by atoms with van der Waals surface area (Å²) in [6.07, 6.45) is 8.93. The van der Waals surface area contributed by atoms with E-state index in [0.717, 1.165) is 11.6 Å². The fraction of sp³-hybridized carbons (Fsp3) is 0.353. The van der Waals surface area contributed by atoms with Crippen molar-refractivity contribution in [2.24, 2.45) is 10.8 Å². The molecular weight excluding hydrogens is 300 g/mol. The number of hydrazine groups is 1. The molecule has 0 aliphatic carbocycles. The Hall–Kier alpha value is -2.21. The SMILES string of the molecule is C/C=C/C(=N\C=C\NN)OC(C=C(F)C=C(C)C)/C(F)=C\CC. The Kier molecular flexibility index (Phi) is 11.2. The summed E-state index contributed by atoms with van der Waals surface area (Å²) >= 11 is 0. The van der Waals surface area contributed by atoms with Gasteiger partial charge >= 0.3 is 0 Å². The number of hydrogen-bond acceptors (Lipinski definition) is 4. The molecule has 3 N–H and O–H groups in total. The Bertz CT molecular complexity index is 528. The smallest absolute Gasteiger partial charge is 0.213 e. The first-order valence-electron chi connectivity index (χ1n) is 7.30. The summed E-state index contributed by atoms with van der Waals surface area (Å²) in [6, 6.07) is 0. The van der Waals surface area contributed by atoms with Crippen LogP contribution >= 0.6 is 0 Å². The molecule has 0 fully saturated rings. The van der Waals surface area contributed by atoms with E-state index in [1.807, 2.05) is 0 Å². The molecule has 1 unspecified atom stereocenters. The minimum atomic E-state index is -1.19. The van der Waals surface area contributed by atoms with Crippen molar-refractivity contribution in [3.05, 3.63) is 60.0 Å². The largest absolute Gasteiger partial charge is 0.463 e. The third-order valence-corrected chi connectivity index (χ3v) is 2.34. The number of nitrogens with two attached hydrogens (primary N) is 1. The van der Waals surface area contributed by atoms with Gasteiger partial charge in [0.2, 0.25) is 5.90 Å². The lowest BCUT2D eigenvalue weighted by Crippen LogP contribution is -2.16. The van der Waals surface area contributed by atoms with E-state index in [4.69, 9.17) is 10.6 Å². The molecule has 0 aromatic heterocycles. The van der Waals surface area contributed by atoms with Gasteiger partial charge in [0.15, 0.2) is 6.10 Å². The van der Waals surface area contributed by atoms with Gasteiger partial charge in [-0.1, -0.05) is 18.6 Å². The van der Waals surface area contributed by atoms with E-state index in [9.17, 15) is 8.78 Å². The lowest BCUT2D eigenvalue weighted by Gasteiger charge is -2.14. The molecule has 0 bridgehead atoms. The summed E-state index contributed by atoms with van der Waals surface area (Å²) in [6.45, 7) is 7.04. The van der Waals surface area contributed by atoms with Gasteiger partial charge in [0.1, 0.15) is 11.7 Å². The van der Waals surface area contributed by atoms with Crippen LogP contribution in [-0.2, 0) is 4.74 Å². The van der Waals surface area contributed by atoms with Gasteiger partial charge in [0.05, 0.1) is 0 Å². The van der Waals surface area contributed by atoms with Crippen molar-refractivity contribution in [1.82, 2.24) is 5.43 Å². The maximum atomic E-state index is 14.1. The minimum absolute atomic E-state index is 0.130. The number of allylic oxidation sites excluding steroid dienone is 5. The summed E-state index contributed by atoms with van der Waals surface area (Å²) in [4.78, 5) is 3.98. The highest BCUT2D eigenvalue weighted by Gasteiger charge is 2.15. The van der Waals surface area contributed by atoms with Crippen molar-refractivity contribution in [2.45, 2.75) is 40.2 Å².